The molecule has 64 valence electrons. The lowest BCUT2D eigenvalue weighted by Gasteiger charge is -2.30. The summed E-state index contributed by atoms with van der Waals surface area (Å²) in [5, 5.41) is 8.77. The lowest BCUT2D eigenvalue weighted by atomic mass is 9.75. The summed E-state index contributed by atoms with van der Waals surface area (Å²) in [6.45, 7) is 5.89. The Hall–Kier alpha value is -1.23. The monoisotopic (exact) mass is 162 g/mol. The minimum Gasteiger partial charge on any atom is -0.401 e. The highest BCUT2D eigenvalue weighted by Crippen LogP contribution is 2.38. The van der Waals surface area contributed by atoms with E-state index in [0.717, 1.165) is 30.5 Å². The average molecular weight is 162 g/mol. The van der Waals surface area contributed by atoms with E-state index in [0.29, 0.717) is 0 Å². The van der Waals surface area contributed by atoms with Gasteiger partial charge in [-0.15, -0.1) is 6.58 Å². The summed E-state index contributed by atoms with van der Waals surface area (Å²) in [4.78, 5) is 0. The molecule has 0 radical (unpaired) electrons. The van der Waals surface area contributed by atoms with Gasteiger partial charge in [0.2, 0.25) is 0 Å². The smallest absolute Gasteiger partial charge is 0.0965 e. The fraction of sp³-hybridized carbons (Fsp3) is 0.500. The summed E-state index contributed by atoms with van der Waals surface area (Å²) in [5.74, 6) is 0. The molecule has 1 rings (SSSR count). The van der Waals surface area contributed by atoms with E-state index in [2.05, 4.69) is 19.6 Å². The van der Waals surface area contributed by atoms with Gasteiger partial charge in [0.1, 0.15) is 0 Å². The van der Waals surface area contributed by atoms with Gasteiger partial charge < -0.3 is 5.73 Å². The van der Waals surface area contributed by atoms with E-state index >= 15 is 0 Å². The molecule has 0 spiro atoms. The zero-order valence-corrected chi connectivity index (χ0v) is 7.43. The summed E-state index contributed by atoms with van der Waals surface area (Å²) in [5.41, 5.74) is 7.27. The second-order valence-electron chi connectivity index (χ2n) is 3.65. The third-order valence-corrected chi connectivity index (χ3v) is 2.56. The van der Waals surface area contributed by atoms with Gasteiger partial charge in [-0.05, 0) is 24.7 Å². The van der Waals surface area contributed by atoms with Crippen LogP contribution in [0.25, 0.3) is 0 Å². The standard InChI is InChI=1S/C10H14N2/c1-3-10(2)5-4-9(12)8(6-10)7-11/h3H,1,4-6,12H2,2H3. The van der Waals surface area contributed by atoms with Crippen molar-refractivity contribution in [1.29, 1.82) is 5.26 Å². The summed E-state index contributed by atoms with van der Waals surface area (Å²) in [6.07, 6.45) is 4.51. The summed E-state index contributed by atoms with van der Waals surface area (Å²) >= 11 is 0. The normalized spacial score (nSPS) is 29.7. The van der Waals surface area contributed by atoms with Crippen LogP contribution in [0.1, 0.15) is 26.2 Å². The van der Waals surface area contributed by atoms with Crippen molar-refractivity contribution in [2.45, 2.75) is 26.2 Å². The van der Waals surface area contributed by atoms with E-state index in [9.17, 15) is 0 Å². The molecule has 2 heteroatoms. The van der Waals surface area contributed by atoms with Crippen molar-refractivity contribution in [3.05, 3.63) is 23.9 Å². The quantitative estimate of drug-likeness (QED) is 0.600. The molecule has 0 aliphatic heterocycles. The third-order valence-electron chi connectivity index (χ3n) is 2.56. The Kier molecular flexibility index (Phi) is 2.23. The van der Waals surface area contributed by atoms with Crippen LogP contribution in [0.4, 0.5) is 0 Å². The maximum absolute atomic E-state index is 8.77. The second kappa shape index (κ2) is 3.02. The van der Waals surface area contributed by atoms with Gasteiger partial charge in [0.05, 0.1) is 6.07 Å². The molecule has 0 aromatic heterocycles. The molecular formula is C10H14N2. The van der Waals surface area contributed by atoms with Gasteiger partial charge in [0.15, 0.2) is 0 Å². The molecule has 0 aromatic carbocycles. The first-order chi connectivity index (χ1) is 5.61. The molecule has 0 saturated heterocycles. The molecule has 1 atom stereocenters. The number of nitriles is 1. The highest BCUT2D eigenvalue weighted by atomic mass is 14.6. The minimum atomic E-state index is 0.0773. The Morgan fingerprint density at radius 2 is 2.42 bits per heavy atom. The molecule has 1 aliphatic rings. The van der Waals surface area contributed by atoms with Gasteiger partial charge in [0, 0.05) is 11.3 Å². The molecule has 12 heavy (non-hydrogen) atoms. The maximum atomic E-state index is 8.77. The van der Waals surface area contributed by atoms with Gasteiger partial charge in [-0.2, -0.15) is 5.26 Å². The number of hydrogen-bond donors (Lipinski definition) is 1. The summed E-state index contributed by atoms with van der Waals surface area (Å²) in [7, 11) is 0. The number of nitrogens with zero attached hydrogens (tertiary/aromatic N) is 1. The SMILES string of the molecule is C=CC1(C)CCC(N)=C(C#N)C1. The first-order valence-electron chi connectivity index (χ1n) is 4.12. The minimum absolute atomic E-state index is 0.0773. The van der Waals surface area contributed by atoms with Crippen LogP contribution in [0.15, 0.2) is 23.9 Å². The van der Waals surface area contributed by atoms with E-state index in [-0.39, 0.29) is 5.41 Å². The van der Waals surface area contributed by atoms with Gasteiger partial charge >= 0.3 is 0 Å². The van der Waals surface area contributed by atoms with E-state index in [1.54, 1.807) is 0 Å². The summed E-state index contributed by atoms with van der Waals surface area (Å²) in [6, 6.07) is 2.15. The molecule has 0 saturated carbocycles. The Morgan fingerprint density at radius 1 is 1.75 bits per heavy atom. The fourth-order valence-electron chi connectivity index (χ4n) is 1.46. The molecule has 0 heterocycles. The number of allylic oxidation sites excluding steroid dienone is 3. The zero-order valence-electron chi connectivity index (χ0n) is 7.43. The van der Waals surface area contributed by atoms with Crippen LogP contribution < -0.4 is 5.73 Å². The average Bonchev–Trinajstić information content (AvgIpc) is 2.10. The van der Waals surface area contributed by atoms with E-state index in [1.165, 1.54) is 0 Å². The van der Waals surface area contributed by atoms with Crippen LogP contribution in [0.3, 0.4) is 0 Å². The van der Waals surface area contributed by atoms with Crippen molar-refractivity contribution >= 4 is 0 Å². The Morgan fingerprint density at radius 3 is 2.92 bits per heavy atom. The van der Waals surface area contributed by atoms with Crippen molar-refractivity contribution in [3.63, 3.8) is 0 Å². The van der Waals surface area contributed by atoms with E-state index in [1.807, 2.05) is 6.08 Å². The first kappa shape index (κ1) is 8.86. The van der Waals surface area contributed by atoms with E-state index in [4.69, 9.17) is 11.0 Å². The van der Waals surface area contributed by atoms with Crippen LogP contribution in [-0.4, -0.2) is 0 Å². The second-order valence-corrected chi connectivity index (χ2v) is 3.65. The topological polar surface area (TPSA) is 49.8 Å². The van der Waals surface area contributed by atoms with Crippen molar-refractivity contribution in [2.24, 2.45) is 11.1 Å². The molecule has 1 unspecified atom stereocenters. The molecule has 1 aliphatic carbocycles. The van der Waals surface area contributed by atoms with Crippen LogP contribution in [-0.2, 0) is 0 Å². The van der Waals surface area contributed by atoms with Crippen molar-refractivity contribution < 1.29 is 0 Å². The lowest BCUT2D eigenvalue weighted by Crippen LogP contribution is -2.21. The number of nitrogens with two attached hydrogens (primary N) is 1. The van der Waals surface area contributed by atoms with Crippen molar-refractivity contribution in [3.8, 4) is 6.07 Å². The molecule has 0 aromatic rings. The van der Waals surface area contributed by atoms with Gasteiger partial charge in [-0.1, -0.05) is 13.0 Å². The summed E-state index contributed by atoms with van der Waals surface area (Å²) < 4.78 is 0. The zero-order chi connectivity index (χ0) is 9.19. The Bertz CT molecular complexity index is 270. The Balaban J connectivity index is 2.89. The van der Waals surface area contributed by atoms with Crippen molar-refractivity contribution in [2.75, 3.05) is 0 Å². The largest absolute Gasteiger partial charge is 0.401 e. The van der Waals surface area contributed by atoms with Gasteiger partial charge in [0.25, 0.3) is 0 Å². The van der Waals surface area contributed by atoms with Crippen LogP contribution in [0.2, 0.25) is 0 Å². The molecule has 0 bridgehead atoms. The Labute approximate surface area is 73.4 Å². The van der Waals surface area contributed by atoms with Crippen LogP contribution in [0, 0.1) is 16.7 Å². The number of rotatable bonds is 1. The van der Waals surface area contributed by atoms with E-state index < -0.39 is 0 Å². The molecular weight excluding hydrogens is 148 g/mol. The predicted octanol–water partition coefficient (Wildman–Crippen LogP) is 2.10. The molecule has 2 N–H and O–H groups in total. The lowest BCUT2D eigenvalue weighted by molar-refractivity contribution is 0.370. The predicted molar refractivity (Wildman–Crippen MR) is 49.0 cm³/mol. The molecule has 0 amide bonds. The maximum Gasteiger partial charge on any atom is 0.0965 e. The van der Waals surface area contributed by atoms with Crippen molar-refractivity contribution in [1.82, 2.24) is 0 Å². The number of hydrogen-bond acceptors (Lipinski definition) is 2. The first-order valence-corrected chi connectivity index (χ1v) is 4.12. The van der Waals surface area contributed by atoms with Crippen LogP contribution >= 0.6 is 0 Å². The van der Waals surface area contributed by atoms with Gasteiger partial charge in [-0.3, -0.25) is 0 Å². The highest BCUT2D eigenvalue weighted by molar-refractivity contribution is 5.31. The van der Waals surface area contributed by atoms with Crippen LogP contribution in [0.5, 0.6) is 0 Å². The fourth-order valence-corrected chi connectivity index (χ4v) is 1.46. The highest BCUT2D eigenvalue weighted by Gasteiger charge is 2.27. The third kappa shape index (κ3) is 1.50. The van der Waals surface area contributed by atoms with Gasteiger partial charge in [-0.25, -0.2) is 0 Å². The molecule has 0 fully saturated rings. The molecule has 2 nitrogen and oxygen atoms in total.